The summed E-state index contributed by atoms with van der Waals surface area (Å²) < 4.78 is 0. The van der Waals surface area contributed by atoms with Gasteiger partial charge in [0, 0.05) is 12.5 Å². The standard InChI is InChI=1S/C12H20N2OS/c1-8(9-5-6-9)12(15)14-7-3-2-4-10(14)11(13)16/h8-10H,2-7H2,1H3,(H2,13,16). The van der Waals surface area contributed by atoms with E-state index in [4.69, 9.17) is 18.0 Å². The lowest BCUT2D eigenvalue weighted by Crippen LogP contribution is -2.51. The van der Waals surface area contributed by atoms with Crippen LogP contribution in [0.2, 0.25) is 0 Å². The van der Waals surface area contributed by atoms with Crippen molar-refractivity contribution < 1.29 is 4.79 Å². The first-order valence-corrected chi connectivity index (χ1v) is 6.62. The van der Waals surface area contributed by atoms with Gasteiger partial charge in [0.2, 0.25) is 5.91 Å². The number of nitrogens with two attached hydrogens (primary N) is 1. The fourth-order valence-corrected chi connectivity index (χ4v) is 2.80. The minimum atomic E-state index is 0.0115. The summed E-state index contributed by atoms with van der Waals surface area (Å²) in [6, 6.07) is 0.0115. The smallest absolute Gasteiger partial charge is 0.226 e. The zero-order valence-corrected chi connectivity index (χ0v) is 10.6. The Morgan fingerprint density at radius 3 is 2.62 bits per heavy atom. The molecule has 0 aromatic heterocycles. The Kier molecular flexibility index (Phi) is 3.47. The summed E-state index contributed by atoms with van der Waals surface area (Å²) >= 11 is 5.06. The maximum Gasteiger partial charge on any atom is 0.226 e. The van der Waals surface area contributed by atoms with Gasteiger partial charge in [-0.1, -0.05) is 19.1 Å². The van der Waals surface area contributed by atoms with Crippen molar-refractivity contribution >= 4 is 23.1 Å². The van der Waals surface area contributed by atoms with Gasteiger partial charge < -0.3 is 10.6 Å². The van der Waals surface area contributed by atoms with Crippen molar-refractivity contribution in [1.29, 1.82) is 0 Å². The van der Waals surface area contributed by atoms with Crippen LogP contribution in [0, 0.1) is 11.8 Å². The van der Waals surface area contributed by atoms with Gasteiger partial charge in [-0.05, 0) is 38.0 Å². The van der Waals surface area contributed by atoms with Crippen LogP contribution in [0.5, 0.6) is 0 Å². The van der Waals surface area contributed by atoms with Gasteiger partial charge in [0.15, 0.2) is 0 Å². The highest BCUT2D eigenvalue weighted by atomic mass is 32.1. The molecule has 1 heterocycles. The summed E-state index contributed by atoms with van der Waals surface area (Å²) in [6.07, 6.45) is 5.57. The lowest BCUT2D eigenvalue weighted by atomic mass is 9.97. The summed E-state index contributed by atoms with van der Waals surface area (Å²) in [5, 5.41) is 0. The van der Waals surface area contributed by atoms with E-state index in [0.29, 0.717) is 10.9 Å². The normalized spacial score (nSPS) is 27.6. The van der Waals surface area contributed by atoms with E-state index >= 15 is 0 Å². The summed E-state index contributed by atoms with van der Waals surface area (Å²) in [6.45, 7) is 2.88. The molecule has 2 fully saturated rings. The Bertz CT molecular complexity index is 301. The van der Waals surface area contributed by atoms with E-state index in [-0.39, 0.29) is 17.9 Å². The average Bonchev–Trinajstić information content (AvgIpc) is 3.11. The molecule has 1 aliphatic carbocycles. The molecule has 2 N–H and O–H groups in total. The summed E-state index contributed by atoms with van der Waals surface area (Å²) in [5.74, 6) is 1.04. The molecule has 4 heteroatoms. The van der Waals surface area contributed by atoms with Crippen molar-refractivity contribution in [2.75, 3.05) is 6.54 Å². The zero-order chi connectivity index (χ0) is 11.7. The summed E-state index contributed by atoms with van der Waals surface area (Å²) in [7, 11) is 0. The Balaban J connectivity index is 2.03. The molecule has 0 aromatic rings. The highest BCUT2D eigenvalue weighted by Gasteiger charge is 2.38. The molecular formula is C12H20N2OS. The number of hydrogen-bond acceptors (Lipinski definition) is 2. The van der Waals surface area contributed by atoms with Crippen LogP contribution in [0.25, 0.3) is 0 Å². The highest BCUT2D eigenvalue weighted by molar-refractivity contribution is 7.80. The quantitative estimate of drug-likeness (QED) is 0.764. The van der Waals surface area contributed by atoms with Gasteiger partial charge >= 0.3 is 0 Å². The Hall–Kier alpha value is -0.640. The summed E-state index contributed by atoms with van der Waals surface area (Å²) in [4.78, 5) is 14.7. The van der Waals surface area contributed by atoms with Crippen molar-refractivity contribution in [3.8, 4) is 0 Å². The number of nitrogens with zero attached hydrogens (tertiary/aromatic N) is 1. The fourth-order valence-electron chi connectivity index (χ4n) is 2.55. The molecule has 2 unspecified atom stereocenters. The van der Waals surface area contributed by atoms with E-state index in [9.17, 15) is 4.79 Å². The molecule has 90 valence electrons. The second kappa shape index (κ2) is 4.70. The zero-order valence-electron chi connectivity index (χ0n) is 9.82. The maximum absolute atomic E-state index is 12.3. The third-order valence-corrected chi connectivity index (χ3v) is 4.11. The number of carbonyl (C=O) groups excluding carboxylic acids is 1. The van der Waals surface area contributed by atoms with Crippen molar-refractivity contribution in [2.24, 2.45) is 17.6 Å². The second-order valence-electron chi connectivity index (χ2n) is 5.07. The first-order valence-electron chi connectivity index (χ1n) is 6.21. The number of likely N-dealkylation sites (tertiary alicyclic amines) is 1. The first kappa shape index (κ1) is 11.8. The van der Waals surface area contributed by atoms with Gasteiger partial charge in [0.05, 0.1) is 11.0 Å². The lowest BCUT2D eigenvalue weighted by Gasteiger charge is -2.36. The monoisotopic (exact) mass is 240 g/mol. The van der Waals surface area contributed by atoms with E-state index in [1.165, 1.54) is 12.8 Å². The van der Waals surface area contributed by atoms with E-state index in [1.54, 1.807) is 0 Å². The number of amides is 1. The molecule has 16 heavy (non-hydrogen) atoms. The molecule has 2 rings (SSSR count). The van der Waals surface area contributed by atoms with Crippen LogP contribution in [-0.2, 0) is 4.79 Å². The molecule has 0 bridgehead atoms. The molecule has 2 atom stereocenters. The van der Waals surface area contributed by atoms with E-state index < -0.39 is 0 Å². The average molecular weight is 240 g/mol. The van der Waals surface area contributed by atoms with Gasteiger partial charge in [0.25, 0.3) is 0 Å². The number of hydrogen-bond donors (Lipinski definition) is 1. The van der Waals surface area contributed by atoms with E-state index in [2.05, 4.69) is 0 Å². The number of carbonyl (C=O) groups is 1. The second-order valence-corrected chi connectivity index (χ2v) is 5.54. The fraction of sp³-hybridized carbons (Fsp3) is 0.833. The van der Waals surface area contributed by atoms with Crippen LogP contribution in [0.1, 0.15) is 39.0 Å². The highest BCUT2D eigenvalue weighted by Crippen LogP contribution is 2.38. The van der Waals surface area contributed by atoms with Crippen molar-refractivity contribution in [3.63, 3.8) is 0 Å². The lowest BCUT2D eigenvalue weighted by molar-refractivity contribution is -0.137. The topological polar surface area (TPSA) is 46.3 Å². The molecule has 3 nitrogen and oxygen atoms in total. The molecule has 0 radical (unpaired) electrons. The third-order valence-electron chi connectivity index (χ3n) is 3.83. The molecule has 1 saturated carbocycles. The van der Waals surface area contributed by atoms with Crippen molar-refractivity contribution in [2.45, 2.75) is 45.1 Å². The predicted octanol–water partition coefficient (Wildman–Crippen LogP) is 1.70. The first-order chi connectivity index (χ1) is 7.61. The van der Waals surface area contributed by atoms with Crippen molar-refractivity contribution in [1.82, 2.24) is 4.90 Å². The van der Waals surface area contributed by atoms with Crippen LogP contribution in [-0.4, -0.2) is 28.4 Å². The third kappa shape index (κ3) is 2.37. The molecule has 1 amide bonds. The van der Waals surface area contributed by atoms with Crippen LogP contribution >= 0.6 is 12.2 Å². The van der Waals surface area contributed by atoms with E-state index in [1.807, 2.05) is 11.8 Å². The Labute approximate surface area is 102 Å². The molecule has 1 saturated heterocycles. The SMILES string of the molecule is CC(C(=O)N1CCCCC1C(N)=S)C1CC1. The summed E-state index contributed by atoms with van der Waals surface area (Å²) in [5.41, 5.74) is 5.72. The van der Waals surface area contributed by atoms with Gasteiger partial charge in [-0.2, -0.15) is 0 Å². The van der Waals surface area contributed by atoms with Crippen molar-refractivity contribution in [3.05, 3.63) is 0 Å². The molecule has 0 spiro atoms. The van der Waals surface area contributed by atoms with Crippen LogP contribution in [0.4, 0.5) is 0 Å². The van der Waals surface area contributed by atoms with Gasteiger partial charge in [0.1, 0.15) is 0 Å². The molecule has 1 aliphatic heterocycles. The van der Waals surface area contributed by atoms with Crippen LogP contribution in [0.15, 0.2) is 0 Å². The van der Waals surface area contributed by atoms with Crippen LogP contribution < -0.4 is 5.73 Å². The van der Waals surface area contributed by atoms with Gasteiger partial charge in [-0.25, -0.2) is 0 Å². The Morgan fingerprint density at radius 1 is 1.38 bits per heavy atom. The molecule has 0 aromatic carbocycles. The molecular weight excluding hydrogens is 220 g/mol. The minimum Gasteiger partial charge on any atom is -0.392 e. The number of piperidine rings is 1. The molecule has 2 aliphatic rings. The Morgan fingerprint density at radius 2 is 2.06 bits per heavy atom. The number of rotatable bonds is 3. The minimum absolute atomic E-state index is 0.0115. The van der Waals surface area contributed by atoms with Gasteiger partial charge in [-0.3, -0.25) is 4.79 Å². The maximum atomic E-state index is 12.3. The van der Waals surface area contributed by atoms with E-state index in [0.717, 1.165) is 25.8 Å². The largest absolute Gasteiger partial charge is 0.392 e. The van der Waals surface area contributed by atoms with Crippen LogP contribution in [0.3, 0.4) is 0 Å². The predicted molar refractivity (Wildman–Crippen MR) is 68.0 cm³/mol. The number of thiocarbonyl (C=S) groups is 1. The van der Waals surface area contributed by atoms with Gasteiger partial charge in [-0.15, -0.1) is 0 Å².